The van der Waals surface area contributed by atoms with Crippen LogP contribution in [0, 0.1) is 0 Å². The van der Waals surface area contributed by atoms with E-state index in [0.29, 0.717) is 19.3 Å². The second-order valence-electron chi connectivity index (χ2n) is 4.71. The molecule has 1 saturated heterocycles. The highest BCUT2D eigenvalue weighted by Crippen LogP contribution is 2.38. The van der Waals surface area contributed by atoms with E-state index in [-0.39, 0.29) is 6.54 Å². The molecule has 1 aliphatic heterocycles. The van der Waals surface area contributed by atoms with Crippen LogP contribution in [0.3, 0.4) is 0 Å². The summed E-state index contributed by atoms with van der Waals surface area (Å²) in [5.74, 6) is -1.80. The lowest BCUT2D eigenvalue weighted by molar-refractivity contribution is -0.153. The van der Waals surface area contributed by atoms with Crippen molar-refractivity contribution in [2.24, 2.45) is 5.73 Å². The number of carbonyl (C=O) groups excluding carboxylic acids is 1. The second-order valence-corrected chi connectivity index (χ2v) is 5.90. The molecule has 0 spiro atoms. The monoisotopic (exact) mass is 310 g/mol. The molecule has 0 aromatic rings. The number of aliphatic carboxylic acids is 1. The van der Waals surface area contributed by atoms with Gasteiger partial charge in [-0.15, -0.1) is 0 Å². The van der Waals surface area contributed by atoms with Crippen LogP contribution in [0.5, 0.6) is 0 Å². The fourth-order valence-corrected chi connectivity index (χ4v) is 2.69. The van der Waals surface area contributed by atoms with Gasteiger partial charge in [-0.25, -0.2) is 9.36 Å². The Balaban J connectivity index is 2.76. The third-order valence-corrected chi connectivity index (χ3v) is 3.77. The average Bonchev–Trinajstić information content (AvgIpc) is 2.34. The lowest BCUT2D eigenvalue weighted by atomic mass is 10.0. The van der Waals surface area contributed by atoms with Crippen LogP contribution in [0.25, 0.3) is 0 Å². The molecule has 9 nitrogen and oxygen atoms in total. The Morgan fingerprint density at radius 2 is 2.00 bits per heavy atom. The molecule has 10 heteroatoms. The van der Waals surface area contributed by atoms with E-state index >= 15 is 0 Å². The first kappa shape index (κ1) is 17.1. The highest BCUT2D eigenvalue weighted by molar-refractivity contribution is 7.46. The predicted octanol–water partition coefficient (Wildman–Crippen LogP) is -0.723. The molecule has 20 heavy (non-hydrogen) atoms. The maximum absolute atomic E-state index is 12.1. The summed E-state index contributed by atoms with van der Waals surface area (Å²) in [5.41, 5.74) is 5.61. The molecule has 0 aliphatic carbocycles. The number of amides is 1. The zero-order valence-corrected chi connectivity index (χ0v) is 11.9. The van der Waals surface area contributed by atoms with Gasteiger partial charge in [-0.05, 0) is 26.2 Å². The third-order valence-electron chi connectivity index (χ3n) is 3.17. The Kier molecular flexibility index (Phi) is 5.67. The Morgan fingerprint density at radius 1 is 1.40 bits per heavy atom. The minimum atomic E-state index is -4.76. The van der Waals surface area contributed by atoms with Gasteiger partial charge in [0.15, 0.2) is 0 Å². The molecule has 0 aromatic heterocycles. The predicted molar refractivity (Wildman–Crippen MR) is 67.6 cm³/mol. The van der Waals surface area contributed by atoms with Crippen molar-refractivity contribution in [3.63, 3.8) is 0 Å². The Hall–Kier alpha value is -0.990. The van der Waals surface area contributed by atoms with Crippen LogP contribution in [0.1, 0.15) is 26.2 Å². The van der Waals surface area contributed by atoms with E-state index in [0.717, 1.165) is 4.90 Å². The smallest absolute Gasteiger partial charge is 0.469 e. The van der Waals surface area contributed by atoms with Crippen LogP contribution in [-0.4, -0.2) is 56.4 Å². The van der Waals surface area contributed by atoms with Crippen molar-refractivity contribution < 1.29 is 33.6 Å². The molecular weight excluding hydrogens is 291 g/mol. The first-order chi connectivity index (χ1) is 9.13. The fraction of sp³-hybridized carbons (Fsp3) is 0.800. The van der Waals surface area contributed by atoms with Gasteiger partial charge in [0.2, 0.25) is 5.91 Å². The summed E-state index contributed by atoms with van der Waals surface area (Å²) in [6, 6.07) is -2.29. The molecule has 5 N–H and O–H groups in total. The number of hydrogen-bond donors (Lipinski definition) is 4. The molecule has 1 fully saturated rings. The first-order valence-electron chi connectivity index (χ1n) is 6.16. The molecule has 0 saturated carbocycles. The van der Waals surface area contributed by atoms with Crippen LogP contribution >= 0.6 is 7.82 Å². The number of piperidine rings is 1. The molecular formula is C10H19N2O7P. The number of carboxylic acid groups (broad SMARTS) is 1. The molecule has 1 heterocycles. The standard InChI is InChI=1S/C10H19N2O7P/c1-6(19-20(16,17)18)8(11)9(13)12-5-3-2-4-7(12)10(14)15/h6-8H,2-5,11H2,1H3,(H,14,15)(H2,16,17,18)/t6-,7-,8+/m0/s1. The molecule has 0 radical (unpaired) electrons. The number of nitrogens with two attached hydrogens (primary N) is 1. The minimum absolute atomic E-state index is 0.256. The summed E-state index contributed by atoms with van der Waals surface area (Å²) in [6.45, 7) is 1.51. The van der Waals surface area contributed by atoms with E-state index in [1.807, 2.05) is 0 Å². The van der Waals surface area contributed by atoms with Crippen molar-refractivity contribution in [3.05, 3.63) is 0 Å². The lowest BCUT2D eigenvalue weighted by Gasteiger charge is -2.35. The van der Waals surface area contributed by atoms with E-state index in [1.54, 1.807) is 0 Å². The van der Waals surface area contributed by atoms with Crippen molar-refractivity contribution in [1.29, 1.82) is 0 Å². The number of hydrogen-bond acceptors (Lipinski definition) is 5. The molecule has 0 aromatic carbocycles. The molecule has 1 amide bonds. The Bertz CT molecular complexity index is 424. The quantitative estimate of drug-likeness (QED) is 0.486. The summed E-state index contributed by atoms with van der Waals surface area (Å²) in [7, 11) is -4.76. The number of phosphoric ester groups is 1. The van der Waals surface area contributed by atoms with Crippen molar-refractivity contribution in [2.45, 2.75) is 44.4 Å². The molecule has 1 aliphatic rings. The van der Waals surface area contributed by atoms with Gasteiger partial charge in [-0.1, -0.05) is 0 Å². The van der Waals surface area contributed by atoms with E-state index in [2.05, 4.69) is 4.52 Å². The number of carbonyl (C=O) groups is 2. The number of nitrogens with zero attached hydrogens (tertiary/aromatic N) is 1. The second kappa shape index (κ2) is 6.64. The molecule has 0 bridgehead atoms. The highest BCUT2D eigenvalue weighted by Gasteiger charge is 2.37. The molecule has 0 unspecified atom stereocenters. The van der Waals surface area contributed by atoms with E-state index in [1.165, 1.54) is 6.92 Å². The number of likely N-dealkylation sites (tertiary alicyclic amines) is 1. The van der Waals surface area contributed by atoms with Gasteiger partial charge in [0.25, 0.3) is 0 Å². The summed E-state index contributed by atoms with van der Waals surface area (Å²) in [6.07, 6.45) is 0.474. The van der Waals surface area contributed by atoms with Crippen LogP contribution in [0.2, 0.25) is 0 Å². The van der Waals surface area contributed by atoms with Gasteiger partial charge < -0.3 is 25.5 Å². The van der Waals surface area contributed by atoms with E-state index in [4.69, 9.17) is 20.6 Å². The van der Waals surface area contributed by atoms with Gasteiger partial charge in [-0.3, -0.25) is 9.32 Å². The van der Waals surface area contributed by atoms with E-state index < -0.39 is 37.9 Å². The van der Waals surface area contributed by atoms with Crippen molar-refractivity contribution in [3.8, 4) is 0 Å². The fourth-order valence-electron chi connectivity index (χ4n) is 2.13. The number of rotatable bonds is 5. The van der Waals surface area contributed by atoms with Crippen molar-refractivity contribution >= 4 is 19.7 Å². The zero-order valence-electron chi connectivity index (χ0n) is 11.0. The van der Waals surface area contributed by atoms with Crippen LogP contribution < -0.4 is 5.73 Å². The van der Waals surface area contributed by atoms with Crippen molar-refractivity contribution in [1.82, 2.24) is 4.90 Å². The van der Waals surface area contributed by atoms with Gasteiger partial charge >= 0.3 is 13.8 Å². The average molecular weight is 310 g/mol. The van der Waals surface area contributed by atoms with E-state index in [9.17, 15) is 14.2 Å². The topological polar surface area (TPSA) is 150 Å². The molecule has 1 rings (SSSR count). The summed E-state index contributed by atoms with van der Waals surface area (Å²) in [5, 5.41) is 9.07. The maximum atomic E-state index is 12.1. The minimum Gasteiger partial charge on any atom is -0.480 e. The third kappa shape index (κ3) is 4.53. The van der Waals surface area contributed by atoms with Gasteiger partial charge in [-0.2, -0.15) is 0 Å². The largest absolute Gasteiger partial charge is 0.480 e. The maximum Gasteiger partial charge on any atom is 0.469 e. The Labute approximate surface area is 115 Å². The highest BCUT2D eigenvalue weighted by atomic mass is 31.2. The summed E-state index contributed by atoms with van der Waals surface area (Å²) >= 11 is 0. The van der Waals surface area contributed by atoms with Crippen LogP contribution in [-0.2, 0) is 18.7 Å². The first-order valence-corrected chi connectivity index (χ1v) is 7.69. The number of phosphoric acid groups is 1. The van der Waals surface area contributed by atoms with Gasteiger partial charge in [0.05, 0.1) is 6.10 Å². The van der Waals surface area contributed by atoms with Gasteiger partial charge in [0, 0.05) is 6.54 Å². The van der Waals surface area contributed by atoms with Gasteiger partial charge in [0.1, 0.15) is 12.1 Å². The van der Waals surface area contributed by atoms with Crippen LogP contribution in [0.15, 0.2) is 0 Å². The molecule has 116 valence electrons. The normalized spacial score (nSPS) is 23.2. The lowest BCUT2D eigenvalue weighted by Crippen LogP contribution is -2.56. The summed E-state index contributed by atoms with van der Waals surface area (Å²) < 4.78 is 15.1. The SMILES string of the molecule is C[C@H](OP(=O)(O)O)[C@@H](N)C(=O)N1CCCC[C@H]1C(=O)O. The Morgan fingerprint density at radius 3 is 2.50 bits per heavy atom. The van der Waals surface area contributed by atoms with Crippen LogP contribution in [0.4, 0.5) is 0 Å². The summed E-state index contributed by atoms with van der Waals surface area (Å²) in [4.78, 5) is 41.7. The molecule has 3 atom stereocenters. The van der Waals surface area contributed by atoms with Crippen molar-refractivity contribution in [2.75, 3.05) is 6.54 Å². The zero-order chi connectivity index (χ0) is 15.5. The number of carboxylic acids is 1.